The number of hydrogen-bond donors (Lipinski definition) is 2. The summed E-state index contributed by atoms with van der Waals surface area (Å²) in [6.07, 6.45) is 2.57. The molecule has 2 rings (SSSR count). The highest BCUT2D eigenvalue weighted by molar-refractivity contribution is 5.88. The smallest absolute Gasteiger partial charge is 0.242 e. The van der Waals surface area contributed by atoms with Crippen molar-refractivity contribution in [3.63, 3.8) is 0 Å². The van der Waals surface area contributed by atoms with Gasteiger partial charge in [-0.15, -0.1) is 0 Å². The van der Waals surface area contributed by atoms with E-state index in [9.17, 15) is 9.59 Å². The maximum atomic E-state index is 12.4. The molecule has 1 aliphatic rings. The fraction of sp³-hybridized carbons (Fsp3) is 0.600. The fourth-order valence-corrected chi connectivity index (χ4v) is 3.06. The standard InChI is InChI=1S/C20H31N3O2/c1-4-15(2)21-19(24)16(3)22-20(25)18-10-12-23(13-11-18)14-17-8-6-5-7-9-17/h5-9,15-16,18H,4,10-14H2,1-3H3,(H,21,24)(H,22,25). The van der Waals surface area contributed by atoms with Crippen molar-refractivity contribution in [1.82, 2.24) is 15.5 Å². The molecule has 5 heteroatoms. The second-order valence-corrected chi connectivity index (χ2v) is 7.08. The van der Waals surface area contributed by atoms with Gasteiger partial charge in [0, 0.05) is 18.5 Å². The molecule has 0 radical (unpaired) electrons. The van der Waals surface area contributed by atoms with E-state index in [4.69, 9.17) is 0 Å². The minimum Gasteiger partial charge on any atom is -0.352 e. The molecule has 1 heterocycles. The van der Waals surface area contributed by atoms with Gasteiger partial charge in [-0.25, -0.2) is 0 Å². The number of amides is 2. The Labute approximate surface area is 151 Å². The Balaban J connectivity index is 1.74. The molecule has 0 aromatic heterocycles. The number of rotatable bonds is 7. The lowest BCUT2D eigenvalue weighted by atomic mass is 9.95. The summed E-state index contributed by atoms with van der Waals surface area (Å²) in [4.78, 5) is 26.9. The predicted molar refractivity (Wildman–Crippen MR) is 99.9 cm³/mol. The zero-order valence-corrected chi connectivity index (χ0v) is 15.6. The molecule has 2 N–H and O–H groups in total. The number of benzene rings is 1. The van der Waals surface area contributed by atoms with E-state index in [0.29, 0.717) is 0 Å². The van der Waals surface area contributed by atoms with Crippen LogP contribution in [0.3, 0.4) is 0 Å². The number of carbonyl (C=O) groups is 2. The quantitative estimate of drug-likeness (QED) is 0.797. The number of nitrogens with zero attached hydrogens (tertiary/aromatic N) is 1. The first-order valence-corrected chi connectivity index (χ1v) is 9.36. The second kappa shape index (κ2) is 9.56. The first-order chi connectivity index (χ1) is 12.0. The van der Waals surface area contributed by atoms with Crippen molar-refractivity contribution in [2.45, 2.75) is 58.7 Å². The lowest BCUT2D eigenvalue weighted by Crippen LogP contribution is -2.50. The van der Waals surface area contributed by atoms with Gasteiger partial charge in [0.05, 0.1) is 0 Å². The summed E-state index contributed by atoms with van der Waals surface area (Å²) in [5.74, 6) is -0.0961. The highest BCUT2D eigenvalue weighted by Crippen LogP contribution is 2.19. The van der Waals surface area contributed by atoms with E-state index in [1.807, 2.05) is 19.9 Å². The average Bonchev–Trinajstić information content (AvgIpc) is 2.62. The first-order valence-electron chi connectivity index (χ1n) is 9.36. The highest BCUT2D eigenvalue weighted by Gasteiger charge is 2.27. The Morgan fingerprint density at radius 3 is 2.36 bits per heavy atom. The Morgan fingerprint density at radius 1 is 1.12 bits per heavy atom. The zero-order chi connectivity index (χ0) is 18.2. The summed E-state index contributed by atoms with van der Waals surface area (Å²) in [5.41, 5.74) is 1.31. The van der Waals surface area contributed by atoms with Crippen LogP contribution in [-0.2, 0) is 16.1 Å². The summed E-state index contributed by atoms with van der Waals surface area (Å²) < 4.78 is 0. The van der Waals surface area contributed by atoms with Crippen LogP contribution in [0.2, 0.25) is 0 Å². The van der Waals surface area contributed by atoms with Crippen LogP contribution in [0, 0.1) is 5.92 Å². The van der Waals surface area contributed by atoms with Crippen LogP contribution in [-0.4, -0.2) is 41.9 Å². The van der Waals surface area contributed by atoms with Gasteiger partial charge in [-0.3, -0.25) is 14.5 Å². The van der Waals surface area contributed by atoms with Crippen LogP contribution in [0.1, 0.15) is 45.6 Å². The van der Waals surface area contributed by atoms with E-state index in [-0.39, 0.29) is 23.8 Å². The van der Waals surface area contributed by atoms with Crippen molar-refractivity contribution in [3.8, 4) is 0 Å². The summed E-state index contributed by atoms with van der Waals surface area (Å²) in [7, 11) is 0. The van der Waals surface area contributed by atoms with Gasteiger partial charge >= 0.3 is 0 Å². The summed E-state index contributed by atoms with van der Waals surface area (Å²) in [5, 5.41) is 5.78. The van der Waals surface area contributed by atoms with Gasteiger partial charge in [-0.2, -0.15) is 0 Å². The van der Waals surface area contributed by atoms with Gasteiger partial charge in [0.15, 0.2) is 0 Å². The lowest BCUT2D eigenvalue weighted by Gasteiger charge is -2.31. The number of likely N-dealkylation sites (tertiary alicyclic amines) is 1. The van der Waals surface area contributed by atoms with Crippen LogP contribution in [0.15, 0.2) is 30.3 Å². The molecule has 138 valence electrons. The minimum absolute atomic E-state index is 0.00544. The second-order valence-electron chi connectivity index (χ2n) is 7.08. The summed E-state index contributed by atoms with van der Waals surface area (Å²) in [6.45, 7) is 8.51. The molecular weight excluding hydrogens is 314 g/mol. The van der Waals surface area contributed by atoms with E-state index in [1.54, 1.807) is 6.92 Å². The Morgan fingerprint density at radius 2 is 1.76 bits per heavy atom. The van der Waals surface area contributed by atoms with E-state index >= 15 is 0 Å². The largest absolute Gasteiger partial charge is 0.352 e. The summed E-state index contributed by atoms with van der Waals surface area (Å²) >= 11 is 0. The predicted octanol–water partition coefficient (Wildman–Crippen LogP) is 2.32. The van der Waals surface area contributed by atoms with Crippen LogP contribution >= 0.6 is 0 Å². The molecule has 0 bridgehead atoms. The van der Waals surface area contributed by atoms with E-state index in [1.165, 1.54) is 5.56 Å². The van der Waals surface area contributed by atoms with Gasteiger partial charge in [0.25, 0.3) is 0 Å². The molecule has 1 aromatic carbocycles. The van der Waals surface area contributed by atoms with Gasteiger partial charge in [0.1, 0.15) is 6.04 Å². The van der Waals surface area contributed by atoms with Gasteiger partial charge < -0.3 is 10.6 Å². The van der Waals surface area contributed by atoms with E-state index in [2.05, 4.69) is 39.8 Å². The molecule has 1 aromatic rings. The van der Waals surface area contributed by atoms with Crippen molar-refractivity contribution in [3.05, 3.63) is 35.9 Å². The van der Waals surface area contributed by atoms with E-state index in [0.717, 1.165) is 38.9 Å². The first kappa shape index (κ1) is 19.4. The number of carbonyl (C=O) groups excluding carboxylic acids is 2. The van der Waals surface area contributed by atoms with Crippen molar-refractivity contribution in [1.29, 1.82) is 0 Å². The third-order valence-corrected chi connectivity index (χ3v) is 4.96. The fourth-order valence-electron chi connectivity index (χ4n) is 3.06. The lowest BCUT2D eigenvalue weighted by molar-refractivity contribution is -0.132. The Bertz CT molecular complexity index is 553. The van der Waals surface area contributed by atoms with E-state index < -0.39 is 6.04 Å². The maximum Gasteiger partial charge on any atom is 0.242 e. The molecule has 25 heavy (non-hydrogen) atoms. The molecule has 0 spiro atoms. The normalized spacial score (nSPS) is 18.4. The molecule has 2 unspecified atom stereocenters. The van der Waals surface area contributed by atoms with Gasteiger partial charge in [0.2, 0.25) is 11.8 Å². The molecule has 1 saturated heterocycles. The van der Waals surface area contributed by atoms with Gasteiger partial charge in [-0.1, -0.05) is 37.3 Å². The SMILES string of the molecule is CCC(C)NC(=O)C(C)NC(=O)C1CCN(Cc2ccccc2)CC1. The van der Waals surface area contributed by atoms with Crippen molar-refractivity contribution in [2.24, 2.45) is 5.92 Å². The molecule has 0 aliphatic carbocycles. The molecule has 1 fully saturated rings. The van der Waals surface area contributed by atoms with Crippen LogP contribution in [0.4, 0.5) is 0 Å². The molecule has 0 saturated carbocycles. The molecule has 1 aliphatic heterocycles. The van der Waals surface area contributed by atoms with Crippen molar-refractivity contribution in [2.75, 3.05) is 13.1 Å². The number of piperidine rings is 1. The van der Waals surface area contributed by atoms with Crippen LogP contribution in [0.5, 0.6) is 0 Å². The monoisotopic (exact) mass is 345 g/mol. The zero-order valence-electron chi connectivity index (χ0n) is 15.6. The topological polar surface area (TPSA) is 61.4 Å². The van der Waals surface area contributed by atoms with Crippen LogP contribution in [0.25, 0.3) is 0 Å². The molecule has 2 amide bonds. The summed E-state index contributed by atoms with van der Waals surface area (Å²) in [6, 6.07) is 10.1. The van der Waals surface area contributed by atoms with Crippen molar-refractivity contribution >= 4 is 11.8 Å². The maximum absolute atomic E-state index is 12.4. The third-order valence-electron chi connectivity index (χ3n) is 4.96. The minimum atomic E-state index is -0.483. The van der Waals surface area contributed by atoms with Gasteiger partial charge in [-0.05, 0) is 51.8 Å². The average molecular weight is 345 g/mol. The highest BCUT2D eigenvalue weighted by atomic mass is 16.2. The third kappa shape index (κ3) is 6.16. The molecule has 2 atom stereocenters. The number of hydrogen-bond acceptors (Lipinski definition) is 3. The Hall–Kier alpha value is -1.88. The van der Waals surface area contributed by atoms with Crippen LogP contribution < -0.4 is 10.6 Å². The number of nitrogens with one attached hydrogen (secondary N) is 2. The molecule has 5 nitrogen and oxygen atoms in total. The molecular formula is C20H31N3O2. The Kier molecular flexibility index (Phi) is 7.44. The van der Waals surface area contributed by atoms with Crippen molar-refractivity contribution < 1.29 is 9.59 Å².